The van der Waals surface area contributed by atoms with Crippen LogP contribution in [0, 0.1) is 5.92 Å². The second-order valence-corrected chi connectivity index (χ2v) is 4.77. The number of benzene rings is 1. The fourth-order valence-electron chi connectivity index (χ4n) is 2.41. The van der Waals surface area contributed by atoms with Crippen LogP contribution in [0.2, 0.25) is 0 Å². The van der Waals surface area contributed by atoms with E-state index in [0.717, 1.165) is 49.9 Å². The fraction of sp³-hybridized carbons (Fsp3) is 0.429. The number of likely N-dealkylation sites (tertiary alicyclic amines) is 1. The van der Waals surface area contributed by atoms with Crippen LogP contribution in [-0.4, -0.2) is 30.2 Å². The Morgan fingerprint density at radius 1 is 1.33 bits per heavy atom. The molecule has 1 amide bonds. The van der Waals surface area contributed by atoms with Gasteiger partial charge in [0, 0.05) is 18.0 Å². The Morgan fingerprint density at radius 3 is 2.61 bits per heavy atom. The molecule has 1 saturated heterocycles. The number of nitrogens with zero attached hydrogens (tertiary/aromatic N) is 1. The van der Waals surface area contributed by atoms with Gasteiger partial charge in [-0.2, -0.15) is 0 Å². The van der Waals surface area contributed by atoms with Gasteiger partial charge in [-0.25, -0.2) is 0 Å². The number of piperidine rings is 1. The van der Waals surface area contributed by atoms with Gasteiger partial charge in [-0.1, -0.05) is 24.3 Å². The number of carbonyl (C=O) groups is 2. The summed E-state index contributed by atoms with van der Waals surface area (Å²) in [6, 6.07) is 7.62. The molecule has 4 nitrogen and oxygen atoms in total. The minimum atomic E-state index is -0.192. The lowest BCUT2D eigenvalue weighted by molar-refractivity contribution is -0.123. The molecule has 0 bridgehead atoms. The van der Waals surface area contributed by atoms with Crippen molar-refractivity contribution >= 4 is 12.2 Å². The maximum absolute atomic E-state index is 11.1. The number of rotatable bonds is 4. The third kappa shape index (κ3) is 2.96. The first-order valence-electron chi connectivity index (χ1n) is 6.25. The second kappa shape index (κ2) is 5.78. The highest BCUT2D eigenvalue weighted by Gasteiger charge is 2.23. The summed E-state index contributed by atoms with van der Waals surface area (Å²) >= 11 is 0. The number of amides is 1. The molecule has 2 N–H and O–H groups in total. The number of hydrogen-bond donors (Lipinski definition) is 1. The molecule has 0 atom stereocenters. The first-order valence-corrected chi connectivity index (χ1v) is 6.25. The van der Waals surface area contributed by atoms with Crippen molar-refractivity contribution in [2.24, 2.45) is 11.7 Å². The lowest BCUT2D eigenvalue weighted by Gasteiger charge is -2.30. The lowest BCUT2D eigenvalue weighted by atomic mass is 9.95. The van der Waals surface area contributed by atoms with Crippen molar-refractivity contribution in [1.29, 1.82) is 0 Å². The summed E-state index contributed by atoms with van der Waals surface area (Å²) in [5.41, 5.74) is 7.10. The molecule has 4 heteroatoms. The van der Waals surface area contributed by atoms with E-state index in [4.69, 9.17) is 5.73 Å². The first kappa shape index (κ1) is 12.8. The molecule has 1 aromatic carbocycles. The topological polar surface area (TPSA) is 63.4 Å². The third-order valence-electron chi connectivity index (χ3n) is 3.57. The van der Waals surface area contributed by atoms with E-state index in [-0.39, 0.29) is 11.8 Å². The monoisotopic (exact) mass is 246 g/mol. The largest absolute Gasteiger partial charge is 0.369 e. The van der Waals surface area contributed by atoms with Crippen LogP contribution in [-0.2, 0) is 11.3 Å². The van der Waals surface area contributed by atoms with Crippen LogP contribution in [0.3, 0.4) is 0 Å². The molecule has 0 aromatic heterocycles. The molecule has 1 aliphatic rings. The van der Waals surface area contributed by atoms with Gasteiger partial charge in [-0.05, 0) is 31.5 Å². The normalized spacial score (nSPS) is 17.6. The zero-order valence-corrected chi connectivity index (χ0v) is 10.3. The second-order valence-electron chi connectivity index (χ2n) is 4.77. The molecule has 1 heterocycles. The van der Waals surface area contributed by atoms with Crippen molar-refractivity contribution in [1.82, 2.24) is 4.90 Å². The number of carbonyl (C=O) groups excluding carboxylic acids is 2. The van der Waals surface area contributed by atoms with Crippen LogP contribution in [0.1, 0.15) is 28.8 Å². The van der Waals surface area contributed by atoms with E-state index in [1.165, 1.54) is 0 Å². The van der Waals surface area contributed by atoms with Gasteiger partial charge in [0.15, 0.2) is 0 Å². The smallest absolute Gasteiger partial charge is 0.220 e. The molecule has 0 saturated carbocycles. The van der Waals surface area contributed by atoms with Crippen LogP contribution >= 0.6 is 0 Å². The van der Waals surface area contributed by atoms with Crippen molar-refractivity contribution in [2.45, 2.75) is 19.4 Å². The van der Waals surface area contributed by atoms with Gasteiger partial charge in [-0.3, -0.25) is 14.5 Å². The standard InChI is InChI=1S/C14H18N2O2/c15-14(18)11-5-7-16(8-6-11)9-12-3-1-2-4-13(12)10-17/h1-4,10-11H,5-9H2,(H2,15,18). The summed E-state index contributed by atoms with van der Waals surface area (Å²) in [6.45, 7) is 2.49. The molecule has 0 aliphatic carbocycles. The van der Waals surface area contributed by atoms with Gasteiger partial charge in [-0.15, -0.1) is 0 Å². The molecule has 1 fully saturated rings. The summed E-state index contributed by atoms with van der Waals surface area (Å²) in [5, 5.41) is 0. The Morgan fingerprint density at radius 2 is 2.00 bits per heavy atom. The van der Waals surface area contributed by atoms with Gasteiger partial charge in [0.25, 0.3) is 0 Å². The number of aldehydes is 1. The van der Waals surface area contributed by atoms with Gasteiger partial charge in [0.2, 0.25) is 5.91 Å². The average molecular weight is 246 g/mol. The van der Waals surface area contributed by atoms with E-state index in [2.05, 4.69) is 4.90 Å². The average Bonchev–Trinajstić information content (AvgIpc) is 2.40. The van der Waals surface area contributed by atoms with Crippen molar-refractivity contribution in [3.05, 3.63) is 35.4 Å². The molecule has 0 spiro atoms. The van der Waals surface area contributed by atoms with Crippen LogP contribution in [0.15, 0.2) is 24.3 Å². The maximum atomic E-state index is 11.1. The number of hydrogen-bond acceptors (Lipinski definition) is 3. The highest BCUT2D eigenvalue weighted by Crippen LogP contribution is 2.19. The quantitative estimate of drug-likeness (QED) is 0.812. The predicted molar refractivity (Wildman–Crippen MR) is 69.0 cm³/mol. The molecular formula is C14H18N2O2. The minimum Gasteiger partial charge on any atom is -0.369 e. The molecule has 2 rings (SSSR count). The molecule has 96 valence electrons. The van der Waals surface area contributed by atoms with Crippen molar-refractivity contribution in [3.63, 3.8) is 0 Å². The van der Waals surface area contributed by atoms with Gasteiger partial charge < -0.3 is 5.73 Å². The Balaban J connectivity index is 1.95. The number of nitrogens with two attached hydrogens (primary N) is 1. The van der Waals surface area contributed by atoms with E-state index in [1.807, 2.05) is 24.3 Å². The third-order valence-corrected chi connectivity index (χ3v) is 3.57. The molecular weight excluding hydrogens is 228 g/mol. The van der Waals surface area contributed by atoms with Crippen LogP contribution < -0.4 is 5.73 Å². The summed E-state index contributed by atoms with van der Waals surface area (Å²) in [6.07, 6.45) is 2.53. The Hall–Kier alpha value is -1.68. The number of primary amides is 1. The molecule has 1 aromatic rings. The Labute approximate surface area is 107 Å². The van der Waals surface area contributed by atoms with Gasteiger partial charge in [0.1, 0.15) is 6.29 Å². The van der Waals surface area contributed by atoms with Crippen LogP contribution in [0.4, 0.5) is 0 Å². The fourth-order valence-corrected chi connectivity index (χ4v) is 2.41. The molecule has 0 radical (unpaired) electrons. The Bertz CT molecular complexity index is 437. The van der Waals surface area contributed by atoms with E-state index in [0.29, 0.717) is 0 Å². The van der Waals surface area contributed by atoms with E-state index < -0.39 is 0 Å². The van der Waals surface area contributed by atoms with Crippen molar-refractivity contribution < 1.29 is 9.59 Å². The predicted octanol–water partition coefficient (Wildman–Crippen LogP) is 1.20. The summed E-state index contributed by atoms with van der Waals surface area (Å²) in [7, 11) is 0. The summed E-state index contributed by atoms with van der Waals surface area (Å²) in [4.78, 5) is 24.3. The summed E-state index contributed by atoms with van der Waals surface area (Å²) in [5.74, 6) is -0.175. The lowest BCUT2D eigenvalue weighted by Crippen LogP contribution is -2.38. The zero-order valence-electron chi connectivity index (χ0n) is 10.3. The molecule has 0 unspecified atom stereocenters. The summed E-state index contributed by atoms with van der Waals surface area (Å²) < 4.78 is 0. The van der Waals surface area contributed by atoms with Gasteiger partial charge >= 0.3 is 0 Å². The van der Waals surface area contributed by atoms with E-state index in [9.17, 15) is 9.59 Å². The van der Waals surface area contributed by atoms with Crippen molar-refractivity contribution in [3.8, 4) is 0 Å². The highest BCUT2D eigenvalue weighted by molar-refractivity contribution is 5.77. The van der Waals surface area contributed by atoms with Crippen LogP contribution in [0.25, 0.3) is 0 Å². The van der Waals surface area contributed by atoms with E-state index in [1.54, 1.807) is 0 Å². The van der Waals surface area contributed by atoms with Gasteiger partial charge in [0.05, 0.1) is 0 Å². The molecule has 1 aliphatic heterocycles. The Kier molecular flexibility index (Phi) is 4.10. The van der Waals surface area contributed by atoms with Crippen LogP contribution in [0.5, 0.6) is 0 Å². The van der Waals surface area contributed by atoms with Crippen molar-refractivity contribution in [2.75, 3.05) is 13.1 Å². The highest BCUT2D eigenvalue weighted by atomic mass is 16.1. The zero-order chi connectivity index (χ0) is 13.0. The maximum Gasteiger partial charge on any atom is 0.220 e. The first-order chi connectivity index (χ1) is 8.70. The van der Waals surface area contributed by atoms with E-state index >= 15 is 0 Å². The SMILES string of the molecule is NC(=O)C1CCN(Cc2ccccc2C=O)CC1. The minimum absolute atomic E-state index is 0.0163. The molecule has 18 heavy (non-hydrogen) atoms.